The Bertz CT molecular complexity index is 1140. The van der Waals surface area contributed by atoms with E-state index in [9.17, 15) is 18.8 Å². The van der Waals surface area contributed by atoms with Crippen molar-refractivity contribution in [2.75, 3.05) is 11.9 Å². The summed E-state index contributed by atoms with van der Waals surface area (Å²) in [7, 11) is 0. The molecule has 3 aromatic rings. The van der Waals surface area contributed by atoms with Crippen LogP contribution in [0, 0.1) is 26.6 Å². The van der Waals surface area contributed by atoms with E-state index < -0.39 is 24.3 Å². The summed E-state index contributed by atoms with van der Waals surface area (Å²) in [6.07, 6.45) is 1.29. The van der Waals surface area contributed by atoms with Crippen molar-refractivity contribution >= 4 is 39.1 Å². The van der Waals surface area contributed by atoms with Crippen molar-refractivity contribution in [3.8, 4) is 0 Å². The fourth-order valence-corrected chi connectivity index (χ4v) is 3.57. The average molecular weight is 403 g/mol. The van der Waals surface area contributed by atoms with Crippen LogP contribution in [-0.2, 0) is 20.9 Å². The van der Waals surface area contributed by atoms with Gasteiger partial charge in [-0.2, -0.15) is 0 Å². The van der Waals surface area contributed by atoms with Gasteiger partial charge in [0.05, 0.1) is 11.7 Å². The second-order valence-corrected chi connectivity index (χ2v) is 7.52. The minimum absolute atomic E-state index is 0.262. The van der Waals surface area contributed by atoms with E-state index in [2.05, 4.69) is 10.3 Å². The molecule has 1 amide bonds. The van der Waals surface area contributed by atoms with Crippen LogP contribution < -0.4 is 10.9 Å². The molecule has 0 atom stereocenters. The van der Waals surface area contributed by atoms with Crippen molar-refractivity contribution in [2.45, 2.75) is 27.3 Å². The highest BCUT2D eigenvalue weighted by molar-refractivity contribution is 7.18. The quantitative estimate of drug-likeness (QED) is 0.662. The summed E-state index contributed by atoms with van der Waals surface area (Å²) in [6.45, 7) is 4.43. The van der Waals surface area contributed by atoms with Crippen LogP contribution in [0.25, 0.3) is 10.2 Å². The molecule has 0 bridgehead atoms. The molecule has 0 aliphatic carbocycles. The summed E-state index contributed by atoms with van der Waals surface area (Å²) >= 11 is 1.42. The van der Waals surface area contributed by atoms with Gasteiger partial charge in [0.2, 0.25) is 0 Å². The molecule has 9 heteroatoms. The molecule has 3 rings (SSSR count). The number of thiophene rings is 1. The van der Waals surface area contributed by atoms with Crippen LogP contribution in [0.3, 0.4) is 0 Å². The fraction of sp³-hybridized carbons (Fsp3) is 0.263. The Balaban J connectivity index is 1.61. The van der Waals surface area contributed by atoms with Gasteiger partial charge in [0.25, 0.3) is 11.5 Å². The van der Waals surface area contributed by atoms with E-state index in [0.717, 1.165) is 15.0 Å². The van der Waals surface area contributed by atoms with Crippen molar-refractivity contribution in [3.05, 3.63) is 56.7 Å². The van der Waals surface area contributed by atoms with Crippen LogP contribution in [-0.4, -0.2) is 28.0 Å². The third kappa shape index (κ3) is 4.09. The van der Waals surface area contributed by atoms with E-state index in [1.807, 2.05) is 13.8 Å². The minimum Gasteiger partial charge on any atom is -0.454 e. The Hall–Kier alpha value is -3.07. The van der Waals surface area contributed by atoms with E-state index in [1.165, 1.54) is 29.8 Å². The van der Waals surface area contributed by atoms with Gasteiger partial charge in [-0.25, -0.2) is 9.37 Å². The van der Waals surface area contributed by atoms with Gasteiger partial charge in [-0.1, -0.05) is 6.07 Å². The predicted octanol–water partition coefficient (Wildman–Crippen LogP) is 2.70. The lowest BCUT2D eigenvalue weighted by atomic mass is 10.2. The van der Waals surface area contributed by atoms with Gasteiger partial charge in [-0.15, -0.1) is 11.3 Å². The third-order valence-corrected chi connectivity index (χ3v) is 5.39. The summed E-state index contributed by atoms with van der Waals surface area (Å²) in [5.41, 5.74) is 1.23. The molecule has 0 unspecified atom stereocenters. The molecule has 0 spiro atoms. The van der Waals surface area contributed by atoms with Gasteiger partial charge in [0.1, 0.15) is 17.2 Å². The zero-order valence-electron chi connectivity index (χ0n) is 15.5. The van der Waals surface area contributed by atoms with Gasteiger partial charge in [-0.3, -0.25) is 19.0 Å². The van der Waals surface area contributed by atoms with E-state index in [1.54, 1.807) is 13.0 Å². The van der Waals surface area contributed by atoms with E-state index in [4.69, 9.17) is 4.74 Å². The number of nitrogens with one attached hydrogen (secondary N) is 1. The van der Waals surface area contributed by atoms with E-state index in [0.29, 0.717) is 15.8 Å². The molecule has 0 saturated carbocycles. The predicted molar refractivity (Wildman–Crippen MR) is 104 cm³/mol. The van der Waals surface area contributed by atoms with Crippen molar-refractivity contribution in [3.63, 3.8) is 0 Å². The maximum absolute atomic E-state index is 13.5. The van der Waals surface area contributed by atoms with Gasteiger partial charge < -0.3 is 10.1 Å². The zero-order chi connectivity index (χ0) is 20.4. The van der Waals surface area contributed by atoms with Crippen molar-refractivity contribution in [2.24, 2.45) is 0 Å². The number of hydrogen-bond acceptors (Lipinski definition) is 6. The van der Waals surface area contributed by atoms with Gasteiger partial charge in [0, 0.05) is 10.6 Å². The fourth-order valence-electron chi connectivity index (χ4n) is 2.58. The van der Waals surface area contributed by atoms with Crippen LogP contribution >= 0.6 is 11.3 Å². The molecule has 146 valence electrons. The largest absolute Gasteiger partial charge is 0.454 e. The number of halogens is 1. The number of aryl methyl sites for hydroxylation is 3. The maximum Gasteiger partial charge on any atom is 0.326 e. The number of anilines is 1. The normalized spacial score (nSPS) is 10.9. The number of carbonyl (C=O) groups excluding carboxylic acids is 2. The highest BCUT2D eigenvalue weighted by atomic mass is 32.1. The molecule has 28 heavy (non-hydrogen) atoms. The summed E-state index contributed by atoms with van der Waals surface area (Å²) in [4.78, 5) is 42.2. The highest BCUT2D eigenvalue weighted by Crippen LogP contribution is 2.25. The number of aromatic nitrogens is 2. The summed E-state index contributed by atoms with van der Waals surface area (Å²) in [5, 5.41) is 2.92. The van der Waals surface area contributed by atoms with Crippen LogP contribution in [0.5, 0.6) is 0 Å². The SMILES string of the molecule is Cc1ccc(NC(=O)COC(=O)Cn2cnc3sc(C)c(C)c3c2=O)cc1F. The second-order valence-electron chi connectivity index (χ2n) is 6.31. The number of carbonyl (C=O) groups is 2. The first-order valence-corrected chi connectivity index (χ1v) is 9.24. The molecule has 7 nitrogen and oxygen atoms in total. The first kappa shape index (κ1) is 19.7. The van der Waals surface area contributed by atoms with Gasteiger partial charge >= 0.3 is 5.97 Å². The monoisotopic (exact) mass is 403 g/mol. The van der Waals surface area contributed by atoms with Crippen LogP contribution in [0.2, 0.25) is 0 Å². The molecule has 1 N–H and O–H groups in total. The number of fused-ring (bicyclic) bond motifs is 1. The Kier molecular flexibility index (Phi) is 5.55. The maximum atomic E-state index is 13.5. The van der Waals surface area contributed by atoms with Crippen molar-refractivity contribution in [1.29, 1.82) is 0 Å². The number of hydrogen-bond donors (Lipinski definition) is 1. The highest BCUT2D eigenvalue weighted by Gasteiger charge is 2.15. The van der Waals surface area contributed by atoms with Gasteiger partial charge in [-0.05, 0) is 44.0 Å². The Labute approximate surface area is 163 Å². The number of ether oxygens (including phenoxy) is 1. The average Bonchev–Trinajstić information content (AvgIpc) is 2.94. The summed E-state index contributed by atoms with van der Waals surface area (Å²) < 4.78 is 19.5. The number of esters is 1. The van der Waals surface area contributed by atoms with Crippen molar-refractivity contribution in [1.82, 2.24) is 9.55 Å². The molecule has 0 saturated heterocycles. The molecule has 2 heterocycles. The number of rotatable bonds is 5. The first-order valence-electron chi connectivity index (χ1n) is 8.43. The summed E-state index contributed by atoms with van der Waals surface area (Å²) in [6, 6.07) is 4.26. The van der Waals surface area contributed by atoms with Gasteiger partial charge in [0.15, 0.2) is 6.61 Å². The Morgan fingerprint density at radius 1 is 1.29 bits per heavy atom. The smallest absolute Gasteiger partial charge is 0.326 e. The number of amides is 1. The van der Waals surface area contributed by atoms with Crippen molar-refractivity contribution < 1.29 is 18.7 Å². The molecular formula is C19H18FN3O4S. The molecule has 2 aromatic heterocycles. The van der Waals surface area contributed by atoms with Crippen LogP contribution in [0.1, 0.15) is 16.0 Å². The number of nitrogens with zero attached hydrogens (tertiary/aromatic N) is 2. The standard InChI is InChI=1S/C19H18FN3O4S/c1-10-4-5-13(6-14(10)20)22-15(24)8-27-16(25)7-23-9-21-18-17(19(23)26)11(2)12(3)28-18/h4-6,9H,7-8H2,1-3H3,(H,22,24). The molecule has 0 radical (unpaired) electrons. The first-order chi connectivity index (χ1) is 13.3. The Morgan fingerprint density at radius 3 is 2.75 bits per heavy atom. The molecule has 0 aliphatic rings. The molecule has 0 aliphatic heterocycles. The lowest BCUT2D eigenvalue weighted by molar-refractivity contribution is -0.147. The molecular weight excluding hydrogens is 385 g/mol. The lowest BCUT2D eigenvalue weighted by Gasteiger charge is -2.08. The Morgan fingerprint density at radius 2 is 2.04 bits per heavy atom. The molecule has 0 fully saturated rings. The van der Waals surface area contributed by atoms with E-state index >= 15 is 0 Å². The summed E-state index contributed by atoms with van der Waals surface area (Å²) in [5.74, 6) is -1.81. The second kappa shape index (κ2) is 7.89. The number of benzene rings is 1. The zero-order valence-corrected chi connectivity index (χ0v) is 16.4. The minimum atomic E-state index is -0.752. The molecule has 1 aromatic carbocycles. The van der Waals surface area contributed by atoms with Crippen LogP contribution in [0.15, 0.2) is 29.3 Å². The topological polar surface area (TPSA) is 90.3 Å². The van der Waals surface area contributed by atoms with E-state index in [-0.39, 0.29) is 17.8 Å². The lowest BCUT2D eigenvalue weighted by Crippen LogP contribution is -2.28. The van der Waals surface area contributed by atoms with Crippen LogP contribution in [0.4, 0.5) is 10.1 Å². The third-order valence-electron chi connectivity index (χ3n) is 4.28.